The van der Waals surface area contributed by atoms with Crippen molar-refractivity contribution >= 4 is 33.2 Å². The second-order valence-corrected chi connectivity index (χ2v) is 7.40. The number of carbonyl (C=O) groups excluding carboxylic acids is 1. The third-order valence-corrected chi connectivity index (χ3v) is 5.00. The fourth-order valence-electron chi connectivity index (χ4n) is 2.05. The maximum Gasteiger partial charge on any atom is 0.418 e. The molecule has 2 aromatic rings. The van der Waals surface area contributed by atoms with E-state index in [4.69, 9.17) is 11.6 Å². The maximum absolute atomic E-state index is 12.9. The molecular formula is C16H14ClF3N2O3S. The predicted octanol–water partition coefficient (Wildman–Crippen LogP) is 3.67. The molecule has 0 atom stereocenters. The van der Waals surface area contributed by atoms with Gasteiger partial charge in [0.15, 0.2) is 0 Å². The summed E-state index contributed by atoms with van der Waals surface area (Å²) in [7, 11) is -3.85. The molecule has 1 amide bonds. The monoisotopic (exact) mass is 406 g/mol. The van der Waals surface area contributed by atoms with Gasteiger partial charge in [0, 0.05) is 18.0 Å². The van der Waals surface area contributed by atoms with Gasteiger partial charge in [-0.3, -0.25) is 4.79 Å². The molecule has 2 aromatic carbocycles. The first kappa shape index (κ1) is 20.2. The summed E-state index contributed by atoms with van der Waals surface area (Å²) in [6.07, 6.45) is -4.95. The van der Waals surface area contributed by atoms with E-state index >= 15 is 0 Å². The van der Waals surface area contributed by atoms with Crippen molar-refractivity contribution in [2.75, 3.05) is 11.9 Å². The van der Waals surface area contributed by atoms with E-state index in [0.29, 0.717) is 5.02 Å². The molecule has 10 heteroatoms. The summed E-state index contributed by atoms with van der Waals surface area (Å²) < 4.78 is 64.9. The highest BCUT2D eigenvalue weighted by molar-refractivity contribution is 7.89. The van der Waals surface area contributed by atoms with Gasteiger partial charge in [0.25, 0.3) is 0 Å². The zero-order chi connectivity index (χ0) is 19.4. The van der Waals surface area contributed by atoms with Crippen molar-refractivity contribution in [3.8, 4) is 0 Å². The van der Waals surface area contributed by atoms with Gasteiger partial charge in [-0.25, -0.2) is 13.1 Å². The van der Waals surface area contributed by atoms with E-state index in [0.717, 1.165) is 12.1 Å². The molecule has 5 nitrogen and oxygen atoms in total. The van der Waals surface area contributed by atoms with Crippen LogP contribution in [0.25, 0.3) is 0 Å². The van der Waals surface area contributed by atoms with Crippen molar-refractivity contribution in [1.29, 1.82) is 0 Å². The van der Waals surface area contributed by atoms with Crippen molar-refractivity contribution in [1.82, 2.24) is 4.72 Å². The zero-order valence-electron chi connectivity index (χ0n) is 13.2. The fraction of sp³-hybridized carbons (Fsp3) is 0.188. The molecule has 140 valence electrons. The highest BCUT2D eigenvalue weighted by atomic mass is 35.5. The Morgan fingerprint density at radius 3 is 2.27 bits per heavy atom. The number of para-hydroxylation sites is 1. The second kappa shape index (κ2) is 8.07. The van der Waals surface area contributed by atoms with Gasteiger partial charge in [0.1, 0.15) is 0 Å². The molecule has 0 aliphatic heterocycles. The van der Waals surface area contributed by atoms with Crippen LogP contribution in [-0.2, 0) is 21.0 Å². The number of nitrogens with one attached hydrogen (secondary N) is 2. The molecule has 0 saturated heterocycles. The lowest BCUT2D eigenvalue weighted by Crippen LogP contribution is -2.28. The minimum Gasteiger partial charge on any atom is -0.325 e. The number of hydrogen-bond acceptors (Lipinski definition) is 3. The summed E-state index contributed by atoms with van der Waals surface area (Å²) in [6, 6.07) is 9.92. The summed E-state index contributed by atoms with van der Waals surface area (Å²) in [5.74, 6) is -0.750. The first-order valence-corrected chi connectivity index (χ1v) is 9.17. The molecule has 0 saturated carbocycles. The number of benzene rings is 2. The van der Waals surface area contributed by atoms with Gasteiger partial charge in [-0.05, 0) is 36.4 Å². The van der Waals surface area contributed by atoms with Crippen LogP contribution in [0.1, 0.15) is 12.0 Å². The summed E-state index contributed by atoms with van der Waals surface area (Å²) >= 11 is 5.68. The lowest BCUT2D eigenvalue weighted by molar-refractivity contribution is -0.137. The van der Waals surface area contributed by atoms with Crippen LogP contribution in [0.4, 0.5) is 18.9 Å². The Morgan fingerprint density at radius 2 is 1.65 bits per heavy atom. The van der Waals surface area contributed by atoms with E-state index < -0.39 is 27.7 Å². The highest BCUT2D eigenvalue weighted by Gasteiger charge is 2.33. The van der Waals surface area contributed by atoms with E-state index in [-0.39, 0.29) is 23.5 Å². The van der Waals surface area contributed by atoms with Crippen LogP contribution in [-0.4, -0.2) is 20.9 Å². The molecule has 0 bridgehead atoms. The zero-order valence-corrected chi connectivity index (χ0v) is 14.8. The van der Waals surface area contributed by atoms with E-state index in [1.807, 2.05) is 0 Å². The van der Waals surface area contributed by atoms with E-state index in [1.54, 1.807) is 0 Å². The number of anilines is 1. The van der Waals surface area contributed by atoms with Gasteiger partial charge in [-0.1, -0.05) is 23.7 Å². The highest BCUT2D eigenvalue weighted by Crippen LogP contribution is 2.34. The van der Waals surface area contributed by atoms with E-state index in [9.17, 15) is 26.4 Å². The van der Waals surface area contributed by atoms with Crippen LogP contribution >= 0.6 is 11.6 Å². The number of carbonyl (C=O) groups is 1. The smallest absolute Gasteiger partial charge is 0.325 e. The second-order valence-electron chi connectivity index (χ2n) is 5.19. The van der Waals surface area contributed by atoms with Crippen molar-refractivity contribution in [3.05, 3.63) is 59.1 Å². The molecule has 26 heavy (non-hydrogen) atoms. The number of hydrogen-bond donors (Lipinski definition) is 2. The molecule has 2 N–H and O–H groups in total. The number of halogens is 4. The summed E-state index contributed by atoms with van der Waals surface area (Å²) in [4.78, 5) is 11.8. The fourth-order valence-corrected chi connectivity index (χ4v) is 3.21. The van der Waals surface area contributed by atoms with Gasteiger partial charge < -0.3 is 5.32 Å². The normalized spacial score (nSPS) is 12.0. The number of rotatable bonds is 6. The third kappa shape index (κ3) is 5.45. The minimum atomic E-state index is -4.61. The van der Waals surface area contributed by atoms with Crippen molar-refractivity contribution < 1.29 is 26.4 Å². The molecule has 0 aliphatic rings. The van der Waals surface area contributed by atoms with Crippen LogP contribution in [0.5, 0.6) is 0 Å². The molecule has 0 fully saturated rings. The third-order valence-electron chi connectivity index (χ3n) is 3.27. The number of sulfonamides is 1. The van der Waals surface area contributed by atoms with Gasteiger partial charge in [0.2, 0.25) is 15.9 Å². The largest absolute Gasteiger partial charge is 0.418 e. The van der Waals surface area contributed by atoms with Gasteiger partial charge in [-0.15, -0.1) is 0 Å². The summed E-state index contributed by atoms with van der Waals surface area (Å²) in [5, 5.41) is 2.51. The Labute approximate surface area is 153 Å². The minimum absolute atomic E-state index is 0.0373. The van der Waals surface area contributed by atoms with Crippen LogP contribution in [0.2, 0.25) is 5.02 Å². The van der Waals surface area contributed by atoms with Crippen LogP contribution in [0.3, 0.4) is 0 Å². The molecule has 2 rings (SSSR count). The van der Waals surface area contributed by atoms with Crippen molar-refractivity contribution in [3.63, 3.8) is 0 Å². The quantitative estimate of drug-likeness (QED) is 0.768. The molecule has 0 spiro atoms. The van der Waals surface area contributed by atoms with E-state index in [2.05, 4.69) is 10.0 Å². The summed E-state index contributed by atoms with van der Waals surface area (Å²) in [5.41, 5.74) is -1.36. The molecule has 0 radical (unpaired) electrons. The van der Waals surface area contributed by atoms with Crippen molar-refractivity contribution in [2.45, 2.75) is 17.5 Å². The Bertz CT molecular complexity index is 884. The lowest BCUT2D eigenvalue weighted by Gasteiger charge is -2.13. The first-order chi connectivity index (χ1) is 12.1. The molecular weight excluding hydrogens is 393 g/mol. The number of alkyl halides is 3. The Balaban J connectivity index is 1.95. The van der Waals surface area contributed by atoms with Gasteiger partial charge >= 0.3 is 6.18 Å². The van der Waals surface area contributed by atoms with Gasteiger partial charge in [0.05, 0.1) is 16.1 Å². The SMILES string of the molecule is O=C(CCNS(=O)(=O)c1ccc(Cl)cc1)Nc1ccccc1C(F)(F)F. The average molecular weight is 407 g/mol. The predicted molar refractivity (Wildman–Crippen MR) is 91.3 cm³/mol. The van der Waals surface area contributed by atoms with Crippen molar-refractivity contribution in [2.24, 2.45) is 0 Å². The Kier molecular flexibility index (Phi) is 6.27. The van der Waals surface area contributed by atoms with Crippen LogP contribution in [0, 0.1) is 0 Å². The standard InChI is InChI=1S/C16H14ClF3N2O3S/c17-11-5-7-12(8-6-11)26(24,25)21-10-9-15(23)22-14-4-2-1-3-13(14)16(18,19)20/h1-8,21H,9-10H2,(H,22,23). The molecule has 0 heterocycles. The molecule has 0 unspecified atom stereocenters. The Morgan fingerprint density at radius 1 is 1.04 bits per heavy atom. The topological polar surface area (TPSA) is 75.3 Å². The number of amides is 1. The maximum atomic E-state index is 12.9. The van der Waals surface area contributed by atoms with Crippen LogP contribution < -0.4 is 10.0 Å². The summed E-state index contributed by atoms with van der Waals surface area (Å²) in [6.45, 7) is -0.273. The average Bonchev–Trinajstić information content (AvgIpc) is 2.54. The molecule has 0 aliphatic carbocycles. The lowest BCUT2D eigenvalue weighted by atomic mass is 10.1. The Hall–Kier alpha value is -2.10. The van der Waals surface area contributed by atoms with Crippen LogP contribution in [0.15, 0.2) is 53.4 Å². The van der Waals surface area contributed by atoms with Gasteiger partial charge in [-0.2, -0.15) is 13.2 Å². The molecule has 0 aromatic heterocycles. The van der Waals surface area contributed by atoms with E-state index in [1.165, 1.54) is 36.4 Å². The first-order valence-electron chi connectivity index (χ1n) is 7.31.